The van der Waals surface area contributed by atoms with E-state index in [9.17, 15) is 4.79 Å². The van der Waals surface area contributed by atoms with Crippen LogP contribution in [0.5, 0.6) is 0 Å². The minimum atomic E-state index is -0.284. The summed E-state index contributed by atoms with van der Waals surface area (Å²) in [4.78, 5) is 15.4. The molecule has 2 heterocycles. The number of benzene rings is 2. The van der Waals surface area contributed by atoms with Crippen LogP contribution in [0.3, 0.4) is 0 Å². The van der Waals surface area contributed by atoms with Crippen molar-refractivity contribution in [1.82, 2.24) is 4.90 Å². The number of nitrogens with zero attached hydrogens (tertiary/aromatic N) is 1. The summed E-state index contributed by atoms with van der Waals surface area (Å²) in [6, 6.07) is 20.2. The van der Waals surface area contributed by atoms with Crippen molar-refractivity contribution in [1.29, 1.82) is 0 Å². The van der Waals surface area contributed by atoms with E-state index in [1.807, 2.05) is 42.5 Å². The van der Waals surface area contributed by atoms with Gasteiger partial charge < -0.3 is 4.74 Å². The first-order valence-corrected chi connectivity index (χ1v) is 10.2. The predicted molar refractivity (Wildman–Crippen MR) is 116 cm³/mol. The molecule has 4 atom stereocenters. The summed E-state index contributed by atoms with van der Waals surface area (Å²) in [5, 5.41) is 0. The summed E-state index contributed by atoms with van der Waals surface area (Å²) in [7, 11) is 0. The zero-order chi connectivity index (χ0) is 20.2. The molecule has 0 aliphatic carbocycles. The standard InChI is InChI=1S/C26H27NO2/c1-3-4-15-22-19(2)18-27-23(16-20-11-7-5-8-12-20)26(28)29-24(25(22)27)17-21-13-9-6-10-14-21/h3-15,22-25H,1-2,16-18H2/b15-4+/t22-,23+,24+,25-/m1/s1. The van der Waals surface area contributed by atoms with Gasteiger partial charge in [-0.3, -0.25) is 9.69 Å². The zero-order valence-electron chi connectivity index (χ0n) is 16.6. The lowest BCUT2D eigenvalue weighted by molar-refractivity contribution is -0.172. The summed E-state index contributed by atoms with van der Waals surface area (Å²) in [6.07, 6.45) is 7.07. The maximum atomic E-state index is 13.0. The Morgan fingerprint density at radius 3 is 2.24 bits per heavy atom. The van der Waals surface area contributed by atoms with Crippen molar-refractivity contribution in [3.63, 3.8) is 0 Å². The third-order valence-corrected chi connectivity index (χ3v) is 5.93. The summed E-state index contributed by atoms with van der Waals surface area (Å²) < 4.78 is 6.07. The average Bonchev–Trinajstić information content (AvgIpc) is 3.07. The number of esters is 1. The molecule has 2 aromatic rings. The molecule has 29 heavy (non-hydrogen) atoms. The van der Waals surface area contributed by atoms with Gasteiger partial charge in [-0.2, -0.15) is 0 Å². The van der Waals surface area contributed by atoms with Crippen molar-refractivity contribution in [3.8, 4) is 0 Å². The Labute approximate surface area is 173 Å². The van der Waals surface area contributed by atoms with Crippen LogP contribution in [0.2, 0.25) is 0 Å². The van der Waals surface area contributed by atoms with Crippen LogP contribution < -0.4 is 0 Å². The molecule has 2 saturated heterocycles. The average molecular weight is 386 g/mol. The van der Waals surface area contributed by atoms with E-state index in [-0.39, 0.29) is 30.1 Å². The summed E-state index contributed by atoms with van der Waals surface area (Å²) in [5.41, 5.74) is 3.45. The Bertz CT molecular complexity index is 903. The fourth-order valence-corrected chi connectivity index (χ4v) is 4.58. The number of cyclic esters (lactones) is 1. The molecular weight excluding hydrogens is 358 g/mol. The molecule has 0 bridgehead atoms. The smallest absolute Gasteiger partial charge is 0.324 e. The largest absolute Gasteiger partial charge is 0.459 e. The first-order valence-electron chi connectivity index (χ1n) is 10.2. The summed E-state index contributed by atoms with van der Waals surface area (Å²) in [5.74, 6) is 0.0141. The Kier molecular flexibility index (Phi) is 5.77. The highest BCUT2D eigenvalue weighted by molar-refractivity contribution is 5.78. The summed E-state index contributed by atoms with van der Waals surface area (Å²) >= 11 is 0. The Morgan fingerprint density at radius 2 is 1.62 bits per heavy atom. The second-order valence-electron chi connectivity index (χ2n) is 7.84. The van der Waals surface area contributed by atoms with Crippen LogP contribution in [0.15, 0.2) is 97.6 Å². The fraction of sp³-hybridized carbons (Fsp3) is 0.269. The van der Waals surface area contributed by atoms with Crippen molar-refractivity contribution >= 4 is 5.97 Å². The van der Waals surface area contributed by atoms with Gasteiger partial charge in [-0.05, 0) is 17.5 Å². The molecular formula is C26H27NO2. The number of hydrogen-bond acceptors (Lipinski definition) is 3. The van der Waals surface area contributed by atoms with Gasteiger partial charge in [0.15, 0.2) is 0 Å². The SMILES string of the molecule is C=C/C=C/[C@@H]1C(=C)CN2[C@H]1[C@H](Cc1ccccc1)OC(=O)[C@@H]2Cc1ccccc1. The van der Waals surface area contributed by atoms with Crippen molar-refractivity contribution < 1.29 is 9.53 Å². The van der Waals surface area contributed by atoms with E-state index in [0.717, 1.165) is 11.1 Å². The monoisotopic (exact) mass is 385 g/mol. The van der Waals surface area contributed by atoms with Crippen LogP contribution in [0.25, 0.3) is 0 Å². The molecule has 0 aromatic heterocycles. The number of rotatable bonds is 6. The molecule has 4 rings (SSSR count). The maximum absolute atomic E-state index is 13.0. The van der Waals surface area contributed by atoms with Crippen LogP contribution in [-0.4, -0.2) is 35.6 Å². The molecule has 0 amide bonds. The van der Waals surface area contributed by atoms with Crippen LogP contribution >= 0.6 is 0 Å². The quantitative estimate of drug-likeness (QED) is 0.420. The molecule has 0 N–H and O–H groups in total. The molecule has 3 nitrogen and oxygen atoms in total. The van der Waals surface area contributed by atoms with E-state index in [2.05, 4.69) is 48.4 Å². The molecule has 2 aliphatic heterocycles. The highest BCUT2D eigenvalue weighted by Crippen LogP contribution is 2.39. The maximum Gasteiger partial charge on any atom is 0.324 e. The first kappa shape index (κ1) is 19.4. The highest BCUT2D eigenvalue weighted by atomic mass is 16.6. The van der Waals surface area contributed by atoms with E-state index < -0.39 is 0 Å². The van der Waals surface area contributed by atoms with Crippen LogP contribution in [0.4, 0.5) is 0 Å². The number of morpholine rings is 1. The second-order valence-corrected chi connectivity index (χ2v) is 7.84. The summed E-state index contributed by atoms with van der Waals surface area (Å²) in [6.45, 7) is 8.85. The molecule has 2 fully saturated rings. The number of hydrogen-bond donors (Lipinski definition) is 0. The Hall–Kier alpha value is -2.91. The molecule has 0 spiro atoms. The van der Waals surface area contributed by atoms with Crippen molar-refractivity contribution in [2.75, 3.05) is 6.54 Å². The minimum Gasteiger partial charge on any atom is -0.459 e. The van der Waals surface area contributed by atoms with E-state index in [1.165, 1.54) is 5.56 Å². The number of carbonyl (C=O) groups is 1. The third-order valence-electron chi connectivity index (χ3n) is 5.93. The molecule has 0 radical (unpaired) electrons. The third kappa shape index (κ3) is 4.10. The molecule has 0 saturated carbocycles. The van der Waals surface area contributed by atoms with E-state index in [0.29, 0.717) is 19.4 Å². The normalized spacial score (nSPS) is 27.0. The van der Waals surface area contributed by atoms with Crippen LogP contribution in [0.1, 0.15) is 11.1 Å². The van der Waals surface area contributed by atoms with Crippen LogP contribution in [-0.2, 0) is 22.4 Å². The lowest BCUT2D eigenvalue weighted by Crippen LogP contribution is -2.59. The number of ether oxygens (including phenoxy) is 1. The Balaban J connectivity index is 1.65. The van der Waals surface area contributed by atoms with Gasteiger partial charge in [0.1, 0.15) is 12.1 Å². The van der Waals surface area contributed by atoms with Gasteiger partial charge in [-0.15, -0.1) is 0 Å². The van der Waals surface area contributed by atoms with Gasteiger partial charge in [0.25, 0.3) is 0 Å². The molecule has 2 aromatic carbocycles. The lowest BCUT2D eigenvalue weighted by Gasteiger charge is -2.42. The number of fused-ring (bicyclic) bond motifs is 1. The Morgan fingerprint density at radius 1 is 1.00 bits per heavy atom. The van der Waals surface area contributed by atoms with Gasteiger partial charge >= 0.3 is 5.97 Å². The van der Waals surface area contributed by atoms with Gasteiger partial charge in [0.05, 0.1) is 6.04 Å². The number of carbonyl (C=O) groups excluding carboxylic acids is 1. The van der Waals surface area contributed by atoms with Crippen molar-refractivity contribution in [2.24, 2.45) is 5.92 Å². The van der Waals surface area contributed by atoms with Gasteiger partial charge in [-0.25, -0.2) is 0 Å². The van der Waals surface area contributed by atoms with Crippen molar-refractivity contribution in [3.05, 3.63) is 109 Å². The topological polar surface area (TPSA) is 29.5 Å². The molecule has 2 aliphatic rings. The van der Waals surface area contributed by atoms with Gasteiger partial charge in [0.2, 0.25) is 0 Å². The van der Waals surface area contributed by atoms with E-state index >= 15 is 0 Å². The molecule has 0 unspecified atom stereocenters. The minimum absolute atomic E-state index is 0.0883. The van der Waals surface area contributed by atoms with Gasteiger partial charge in [-0.1, -0.05) is 97.6 Å². The van der Waals surface area contributed by atoms with Crippen LogP contribution in [0, 0.1) is 5.92 Å². The van der Waals surface area contributed by atoms with E-state index in [1.54, 1.807) is 6.08 Å². The first-order chi connectivity index (χ1) is 14.2. The fourth-order valence-electron chi connectivity index (χ4n) is 4.58. The number of allylic oxidation sites excluding steroid dienone is 2. The highest BCUT2D eigenvalue weighted by Gasteiger charge is 2.50. The van der Waals surface area contributed by atoms with Crippen molar-refractivity contribution in [2.45, 2.75) is 31.0 Å². The lowest BCUT2D eigenvalue weighted by atomic mass is 9.87. The zero-order valence-corrected chi connectivity index (χ0v) is 16.6. The van der Waals surface area contributed by atoms with Gasteiger partial charge in [0, 0.05) is 18.9 Å². The second kappa shape index (κ2) is 8.62. The molecule has 3 heteroatoms. The van der Waals surface area contributed by atoms with E-state index in [4.69, 9.17) is 4.74 Å². The predicted octanol–water partition coefficient (Wildman–Crippen LogP) is 4.36. The molecule has 148 valence electrons.